The number of ether oxygens (including phenoxy) is 1. The summed E-state index contributed by atoms with van der Waals surface area (Å²) in [4.78, 5) is 24.1. The number of anilines is 1. The maximum atomic E-state index is 13.0. The van der Waals surface area contributed by atoms with Crippen molar-refractivity contribution < 1.29 is 14.3 Å². The Bertz CT molecular complexity index is 632. The van der Waals surface area contributed by atoms with Gasteiger partial charge in [0.25, 0.3) is 5.91 Å². The van der Waals surface area contributed by atoms with Gasteiger partial charge in [0.2, 0.25) is 4.33 Å². The van der Waals surface area contributed by atoms with E-state index < -0.39 is 27.0 Å². The van der Waals surface area contributed by atoms with Crippen LogP contribution in [0.2, 0.25) is 0 Å². The Morgan fingerprint density at radius 3 is 2.44 bits per heavy atom. The average Bonchev–Trinajstić information content (AvgIpc) is 2.52. The van der Waals surface area contributed by atoms with Gasteiger partial charge in [-0.15, -0.1) is 11.6 Å². The van der Waals surface area contributed by atoms with E-state index in [1.54, 1.807) is 25.8 Å². The summed E-state index contributed by atoms with van der Waals surface area (Å²) < 4.78 is 3.22. The van der Waals surface area contributed by atoms with E-state index in [-0.39, 0.29) is 19.7 Å². The minimum absolute atomic E-state index is 0.219. The first-order chi connectivity index (χ1) is 11.6. The van der Waals surface area contributed by atoms with E-state index in [4.69, 9.17) is 39.5 Å². The molecule has 0 saturated carbocycles. The van der Waals surface area contributed by atoms with Gasteiger partial charge in [-0.1, -0.05) is 41.4 Å². The number of benzene rings is 1. The average molecular weight is 408 g/mol. The van der Waals surface area contributed by atoms with Crippen molar-refractivity contribution in [2.24, 2.45) is 5.92 Å². The molecule has 1 atom stereocenters. The van der Waals surface area contributed by atoms with E-state index in [0.717, 1.165) is 5.69 Å². The van der Waals surface area contributed by atoms with Gasteiger partial charge in [0.15, 0.2) is 0 Å². The van der Waals surface area contributed by atoms with Crippen molar-refractivity contribution in [3.05, 3.63) is 30.3 Å². The SMILES string of the molecule is CCOC(=O)CN1C(=O)C(Cl)(Cl)C(C(C)(C)Cl)CN1c1ccccc1. The molecule has 0 aliphatic carbocycles. The van der Waals surface area contributed by atoms with Crippen molar-refractivity contribution in [1.82, 2.24) is 5.01 Å². The summed E-state index contributed by atoms with van der Waals surface area (Å²) in [5.74, 6) is -1.70. The van der Waals surface area contributed by atoms with E-state index in [1.165, 1.54) is 5.01 Å². The second kappa shape index (κ2) is 7.60. The highest BCUT2D eigenvalue weighted by Gasteiger charge is 2.56. The zero-order chi connectivity index (χ0) is 18.8. The fraction of sp³-hybridized carbons (Fsp3) is 0.529. The number of hydrogen-bond acceptors (Lipinski definition) is 4. The molecule has 0 radical (unpaired) electrons. The van der Waals surface area contributed by atoms with Crippen LogP contribution in [-0.4, -0.2) is 45.8 Å². The van der Waals surface area contributed by atoms with Crippen LogP contribution in [0.1, 0.15) is 20.8 Å². The number of esters is 1. The summed E-state index contributed by atoms with van der Waals surface area (Å²) in [6.45, 7) is 5.43. The number of carbonyl (C=O) groups excluding carboxylic acids is 2. The van der Waals surface area contributed by atoms with Gasteiger partial charge in [-0.3, -0.25) is 14.6 Å². The Balaban J connectivity index is 2.43. The predicted molar refractivity (Wildman–Crippen MR) is 100.0 cm³/mol. The molecule has 1 aromatic rings. The molecule has 5 nitrogen and oxygen atoms in total. The Morgan fingerprint density at radius 1 is 1.32 bits per heavy atom. The van der Waals surface area contributed by atoms with E-state index >= 15 is 0 Å². The van der Waals surface area contributed by atoms with Gasteiger partial charge in [-0.25, -0.2) is 5.01 Å². The molecule has 1 aliphatic rings. The molecule has 1 aliphatic heterocycles. The van der Waals surface area contributed by atoms with Crippen LogP contribution in [0.5, 0.6) is 0 Å². The molecule has 1 saturated heterocycles. The third-order valence-corrected chi connectivity index (χ3v) is 5.18. The monoisotopic (exact) mass is 406 g/mol. The van der Waals surface area contributed by atoms with Gasteiger partial charge < -0.3 is 4.74 Å². The second-order valence-electron chi connectivity index (χ2n) is 6.33. The van der Waals surface area contributed by atoms with Gasteiger partial charge in [-0.2, -0.15) is 0 Å². The summed E-state index contributed by atoms with van der Waals surface area (Å²) in [5.41, 5.74) is 0.731. The van der Waals surface area contributed by atoms with Gasteiger partial charge in [0, 0.05) is 17.3 Å². The number of para-hydroxylation sites is 1. The van der Waals surface area contributed by atoms with Crippen LogP contribution in [0.15, 0.2) is 30.3 Å². The summed E-state index contributed by atoms with van der Waals surface area (Å²) in [6, 6.07) is 9.21. The highest BCUT2D eigenvalue weighted by Crippen LogP contribution is 2.46. The topological polar surface area (TPSA) is 49.9 Å². The summed E-state index contributed by atoms with van der Waals surface area (Å²) in [7, 11) is 0. The quantitative estimate of drug-likeness (QED) is 0.552. The molecule has 1 amide bonds. The third kappa shape index (κ3) is 4.33. The number of hydrogen-bond donors (Lipinski definition) is 0. The van der Waals surface area contributed by atoms with Crippen molar-refractivity contribution in [3.8, 4) is 0 Å². The molecule has 8 heteroatoms. The molecule has 1 aromatic carbocycles. The van der Waals surface area contributed by atoms with E-state index in [0.29, 0.717) is 0 Å². The van der Waals surface area contributed by atoms with Crippen LogP contribution in [0, 0.1) is 5.92 Å². The van der Waals surface area contributed by atoms with Gasteiger partial charge in [-0.05, 0) is 32.9 Å². The van der Waals surface area contributed by atoms with Crippen LogP contribution < -0.4 is 5.01 Å². The fourth-order valence-electron chi connectivity index (χ4n) is 2.80. The van der Waals surface area contributed by atoms with Gasteiger partial charge >= 0.3 is 5.97 Å². The van der Waals surface area contributed by atoms with E-state index in [1.807, 2.05) is 30.3 Å². The number of hydrazine groups is 1. The minimum Gasteiger partial charge on any atom is -0.465 e. The minimum atomic E-state index is -1.75. The van der Waals surface area contributed by atoms with Crippen molar-refractivity contribution in [1.29, 1.82) is 0 Å². The summed E-state index contributed by atoms with van der Waals surface area (Å²) >= 11 is 19.2. The molecule has 138 valence electrons. The van der Waals surface area contributed by atoms with Crippen LogP contribution in [0.3, 0.4) is 0 Å². The van der Waals surface area contributed by atoms with Crippen LogP contribution in [0.25, 0.3) is 0 Å². The lowest BCUT2D eigenvalue weighted by atomic mass is 9.88. The van der Waals surface area contributed by atoms with Crippen molar-refractivity contribution in [3.63, 3.8) is 0 Å². The number of halogens is 3. The maximum Gasteiger partial charge on any atom is 0.327 e. The first kappa shape index (κ1) is 20.1. The lowest BCUT2D eigenvalue weighted by Crippen LogP contribution is -2.66. The van der Waals surface area contributed by atoms with Crippen molar-refractivity contribution >= 4 is 52.4 Å². The Labute approximate surface area is 162 Å². The smallest absolute Gasteiger partial charge is 0.327 e. The Morgan fingerprint density at radius 2 is 1.92 bits per heavy atom. The summed E-state index contributed by atoms with van der Waals surface area (Å²) in [5, 5.41) is 2.91. The molecule has 0 aromatic heterocycles. The van der Waals surface area contributed by atoms with E-state index in [2.05, 4.69) is 0 Å². The molecule has 25 heavy (non-hydrogen) atoms. The predicted octanol–water partition coefficient (Wildman–Crippen LogP) is 3.62. The first-order valence-corrected chi connectivity index (χ1v) is 9.09. The molecule has 1 fully saturated rings. The number of amides is 1. The van der Waals surface area contributed by atoms with Gasteiger partial charge in [0.1, 0.15) is 6.54 Å². The molecule has 2 rings (SSSR count). The standard InChI is InChI=1S/C17H21Cl3N2O3/c1-4-25-14(23)11-22-15(24)17(19,20)13(16(2,3)18)10-21(22)12-8-6-5-7-9-12/h5-9,13H,4,10-11H2,1-3H3. The Hall–Kier alpha value is -1.17. The highest BCUT2D eigenvalue weighted by molar-refractivity contribution is 6.59. The molecular weight excluding hydrogens is 387 g/mol. The molecule has 0 bridgehead atoms. The lowest BCUT2D eigenvalue weighted by molar-refractivity contribution is -0.151. The number of nitrogens with zero attached hydrogens (tertiary/aromatic N) is 2. The van der Waals surface area contributed by atoms with Crippen LogP contribution in [-0.2, 0) is 14.3 Å². The fourth-order valence-corrected chi connectivity index (χ4v) is 4.02. The molecule has 0 spiro atoms. The maximum absolute atomic E-state index is 13.0. The zero-order valence-electron chi connectivity index (χ0n) is 14.3. The highest BCUT2D eigenvalue weighted by atomic mass is 35.5. The van der Waals surface area contributed by atoms with E-state index in [9.17, 15) is 9.59 Å². The molecule has 1 heterocycles. The zero-order valence-corrected chi connectivity index (χ0v) is 16.6. The number of carbonyl (C=O) groups is 2. The largest absolute Gasteiger partial charge is 0.465 e. The third-order valence-electron chi connectivity index (χ3n) is 4.07. The van der Waals surface area contributed by atoms with Gasteiger partial charge in [0.05, 0.1) is 12.3 Å². The van der Waals surface area contributed by atoms with Crippen molar-refractivity contribution in [2.75, 3.05) is 24.7 Å². The first-order valence-electron chi connectivity index (χ1n) is 7.95. The second-order valence-corrected chi connectivity index (χ2v) is 8.69. The summed E-state index contributed by atoms with van der Waals surface area (Å²) in [6.07, 6.45) is 0. The van der Waals surface area contributed by atoms with Crippen LogP contribution >= 0.6 is 34.8 Å². The Kier molecular flexibility index (Phi) is 6.13. The molecule has 1 unspecified atom stereocenters. The molecule has 0 N–H and O–H groups in total. The molecular formula is C17H21Cl3N2O3. The number of rotatable bonds is 5. The van der Waals surface area contributed by atoms with Crippen molar-refractivity contribution in [2.45, 2.75) is 30.0 Å². The number of alkyl halides is 3. The lowest BCUT2D eigenvalue weighted by Gasteiger charge is -2.50. The van der Waals surface area contributed by atoms with Crippen LogP contribution in [0.4, 0.5) is 5.69 Å². The normalized spacial score (nSPS) is 20.6.